The third kappa shape index (κ3) is 4.40. The van der Waals surface area contributed by atoms with Crippen LogP contribution >= 0.6 is 11.6 Å². The van der Waals surface area contributed by atoms with Gasteiger partial charge in [0.25, 0.3) is 0 Å². The summed E-state index contributed by atoms with van der Waals surface area (Å²) in [5.74, 6) is -1.53. The molecule has 0 heterocycles. The molecule has 0 fully saturated rings. The lowest BCUT2D eigenvalue weighted by molar-refractivity contribution is -0.146. The number of aliphatic carboxylic acids is 1. The number of urea groups is 1. The first-order chi connectivity index (χ1) is 8.72. The Morgan fingerprint density at radius 2 is 2.05 bits per heavy atom. The molecule has 0 aliphatic heterocycles. The number of amides is 2. The summed E-state index contributed by atoms with van der Waals surface area (Å²) in [7, 11) is 0. The van der Waals surface area contributed by atoms with Crippen molar-refractivity contribution < 1.29 is 19.1 Å². The van der Waals surface area contributed by atoms with E-state index in [0.29, 0.717) is 0 Å². The summed E-state index contributed by atoms with van der Waals surface area (Å²) in [4.78, 5) is 22.4. The van der Waals surface area contributed by atoms with Gasteiger partial charge in [-0.15, -0.1) is 0 Å². The van der Waals surface area contributed by atoms with Gasteiger partial charge < -0.3 is 15.7 Å². The summed E-state index contributed by atoms with van der Waals surface area (Å²) in [5.41, 5.74) is -0.835. The summed E-state index contributed by atoms with van der Waals surface area (Å²) in [6, 6.07) is 2.93. The molecular weight excluding hydrogens is 275 g/mol. The van der Waals surface area contributed by atoms with Crippen LogP contribution in [0.15, 0.2) is 18.2 Å². The van der Waals surface area contributed by atoms with Gasteiger partial charge in [-0.05, 0) is 32.0 Å². The van der Waals surface area contributed by atoms with Gasteiger partial charge in [-0.3, -0.25) is 4.79 Å². The number of carbonyl (C=O) groups excluding carboxylic acids is 1. The van der Waals surface area contributed by atoms with Crippen LogP contribution in [-0.4, -0.2) is 23.7 Å². The molecule has 0 aliphatic rings. The predicted molar refractivity (Wildman–Crippen MR) is 69.8 cm³/mol. The van der Waals surface area contributed by atoms with E-state index in [1.54, 1.807) is 0 Å². The summed E-state index contributed by atoms with van der Waals surface area (Å²) >= 11 is 5.74. The monoisotopic (exact) mass is 288 g/mol. The van der Waals surface area contributed by atoms with E-state index in [4.69, 9.17) is 16.7 Å². The average Bonchev–Trinajstić information content (AvgIpc) is 2.30. The fourth-order valence-corrected chi connectivity index (χ4v) is 1.35. The Labute approximate surface area is 114 Å². The summed E-state index contributed by atoms with van der Waals surface area (Å²) < 4.78 is 12.8. The number of hydrogen-bond acceptors (Lipinski definition) is 2. The van der Waals surface area contributed by atoms with Crippen molar-refractivity contribution in [2.45, 2.75) is 13.8 Å². The molecule has 2 amide bonds. The number of carboxylic acid groups (broad SMARTS) is 1. The second-order valence-corrected chi connectivity index (χ2v) is 5.03. The molecule has 0 saturated carbocycles. The van der Waals surface area contributed by atoms with Crippen molar-refractivity contribution in [1.82, 2.24) is 5.32 Å². The standard InChI is InChI=1S/C12H14ClFN2O3/c1-12(2,10(17)18)6-15-11(19)16-9-4-3-7(14)5-8(9)13/h3-5H,6H2,1-2H3,(H,17,18)(H2,15,16,19). The molecule has 7 heteroatoms. The Bertz CT molecular complexity index is 506. The maximum absolute atomic E-state index is 12.8. The van der Waals surface area contributed by atoms with Gasteiger partial charge in [0.05, 0.1) is 16.1 Å². The zero-order chi connectivity index (χ0) is 14.6. The lowest BCUT2D eigenvalue weighted by Gasteiger charge is -2.19. The van der Waals surface area contributed by atoms with Crippen LogP contribution in [0.1, 0.15) is 13.8 Å². The van der Waals surface area contributed by atoms with Gasteiger partial charge in [0.1, 0.15) is 5.82 Å². The molecule has 5 nitrogen and oxygen atoms in total. The molecule has 1 rings (SSSR count). The highest BCUT2D eigenvalue weighted by Crippen LogP contribution is 2.22. The Hall–Kier alpha value is -1.82. The average molecular weight is 289 g/mol. The first-order valence-corrected chi connectivity index (χ1v) is 5.83. The number of nitrogens with one attached hydrogen (secondary N) is 2. The molecule has 104 valence electrons. The van der Waals surface area contributed by atoms with Crippen LogP contribution in [0.25, 0.3) is 0 Å². The van der Waals surface area contributed by atoms with Crippen molar-refractivity contribution >= 4 is 29.3 Å². The third-order valence-corrected chi connectivity index (χ3v) is 2.76. The topological polar surface area (TPSA) is 78.4 Å². The highest BCUT2D eigenvalue weighted by Gasteiger charge is 2.27. The van der Waals surface area contributed by atoms with E-state index in [-0.39, 0.29) is 17.3 Å². The van der Waals surface area contributed by atoms with E-state index in [1.807, 2.05) is 0 Å². The molecule has 0 bridgehead atoms. The van der Waals surface area contributed by atoms with Gasteiger partial charge in [-0.2, -0.15) is 0 Å². The van der Waals surface area contributed by atoms with E-state index in [0.717, 1.165) is 12.1 Å². The van der Waals surface area contributed by atoms with Crippen molar-refractivity contribution in [3.05, 3.63) is 29.0 Å². The van der Waals surface area contributed by atoms with E-state index < -0.39 is 23.2 Å². The lowest BCUT2D eigenvalue weighted by atomic mass is 9.94. The highest BCUT2D eigenvalue weighted by molar-refractivity contribution is 6.33. The summed E-state index contributed by atoms with van der Waals surface area (Å²) in [5, 5.41) is 13.8. The number of rotatable bonds is 4. The minimum atomic E-state index is -1.08. The van der Waals surface area contributed by atoms with Crippen molar-refractivity contribution in [2.75, 3.05) is 11.9 Å². The quantitative estimate of drug-likeness (QED) is 0.797. The molecule has 0 atom stereocenters. The SMILES string of the molecule is CC(C)(CNC(=O)Nc1ccc(F)cc1Cl)C(=O)O. The molecule has 19 heavy (non-hydrogen) atoms. The number of halogens is 2. The van der Waals surface area contributed by atoms with Crippen LogP contribution in [0.2, 0.25) is 5.02 Å². The van der Waals surface area contributed by atoms with Crippen LogP contribution in [0.5, 0.6) is 0 Å². The molecule has 0 saturated heterocycles. The van der Waals surface area contributed by atoms with Gasteiger partial charge in [0.2, 0.25) is 0 Å². The number of carbonyl (C=O) groups is 2. The van der Waals surface area contributed by atoms with E-state index >= 15 is 0 Å². The minimum absolute atomic E-state index is 0.0486. The Kier molecular flexibility index (Phi) is 4.72. The molecule has 0 spiro atoms. The summed E-state index contributed by atoms with van der Waals surface area (Å²) in [6.45, 7) is 2.92. The number of hydrogen-bond donors (Lipinski definition) is 3. The Morgan fingerprint density at radius 3 is 2.58 bits per heavy atom. The number of anilines is 1. The largest absolute Gasteiger partial charge is 0.481 e. The van der Waals surface area contributed by atoms with Crippen LogP contribution in [-0.2, 0) is 4.79 Å². The van der Waals surface area contributed by atoms with Crippen molar-refractivity contribution in [3.63, 3.8) is 0 Å². The van der Waals surface area contributed by atoms with Crippen molar-refractivity contribution in [2.24, 2.45) is 5.41 Å². The minimum Gasteiger partial charge on any atom is -0.481 e. The second-order valence-electron chi connectivity index (χ2n) is 4.62. The highest BCUT2D eigenvalue weighted by atomic mass is 35.5. The predicted octanol–water partition coefficient (Wildman–Crippen LogP) is 2.71. The number of benzene rings is 1. The summed E-state index contributed by atoms with van der Waals surface area (Å²) in [6.07, 6.45) is 0. The molecule has 0 aliphatic carbocycles. The van der Waals surface area contributed by atoms with Gasteiger partial charge in [-0.25, -0.2) is 9.18 Å². The van der Waals surface area contributed by atoms with Crippen molar-refractivity contribution in [3.8, 4) is 0 Å². The van der Waals surface area contributed by atoms with Crippen LogP contribution in [0, 0.1) is 11.2 Å². The lowest BCUT2D eigenvalue weighted by Crippen LogP contribution is -2.40. The molecule has 0 aromatic heterocycles. The van der Waals surface area contributed by atoms with Crippen LogP contribution in [0.4, 0.5) is 14.9 Å². The maximum atomic E-state index is 12.8. The number of carboxylic acids is 1. The fraction of sp³-hybridized carbons (Fsp3) is 0.333. The van der Waals surface area contributed by atoms with Gasteiger partial charge >= 0.3 is 12.0 Å². The smallest absolute Gasteiger partial charge is 0.319 e. The molecule has 3 N–H and O–H groups in total. The van der Waals surface area contributed by atoms with Crippen LogP contribution < -0.4 is 10.6 Å². The maximum Gasteiger partial charge on any atom is 0.319 e. The van der Waals surface area contributed by atoms with Crippen molar-refractivity contribution in [1.29, 1.82) is 0 Å². The normalized spacial score (nSPS) is 10.9. The Morgan fingerprint density at radius 1 is 1.42 bits per heavy atom. The van der Waals surface area contributed by atoms with E-state index in [1.165, 1.54) is 19.9 Å². The zero-order valence-electron chi connectivity index (χ0n) is 10.5. The fourth-order valence-electron chi connectivity index (χ4n) is 1.13. The zero-order valence-corrected chi connectivity index (χ0v) is 11.2. The van der Waals surface area contributed by atoms with Gasteiger partial charge in [0, 0.05) is 6.54 Å². The van der Waals surface area contributed by atoms with E-state index in [9.17, 15) is 14.0 Å². The van der Waals surface area contributed by atoms with Gasteiger partial charge in [-0.1, -0.05) is 11.6 Å². The molecule has 1 aromatic rings. The molecule has 0 unspecified atom stereocenters. The molecular formula is C12H14ClFN2O3. The first-order valence-electron chi connectivity index (χ1n) is 5.45. The first kappa shape index (κ1) is 15.2. The Balaban J connectivity index is 2.59. The molecule has 0 radical (unpaired) electrons. The second kappa shape index (κ2) is 5.88. The molecule has 1 aromatic carbocycles. The van der Waals surface area contributed by atoms with Gasteiger partial charge in [0.15, 0.2) is 0 Å². The third-order valence-electron chi connectivity index (χ3n) is 2.45. The van der Waals surface area contributed by atoms with E-state index in [2.05, 4.69) is 10.6 Å². The van der Waals surface area contributed by atoms with Crippen LogP contribution in [0.3, 0.4) is 0 Å².